The Hall–Kier alpha value is -3.70. The van der Waals surface area contributed by atoms with Gasteiger partial charge in [0.2, 0.25) is 0 Å². The third-order valence-electron chi connectivity index (χ3n) is 4.78. The normalized spacial score (nSPS) is 10.7. The molecule has 0 amide bonds. The van der Waals surface area contributed by atoms with Gasteiger partial charge in [-0.2, -0.15) is 5.10 Å². The third-order valence-corrected chi connectivity index (χ3v) is 4.78. The molecule has 1 aromatic heterocycles. The van der Waals surface area contributed by atoms with Crippen LogP contribution in [0.25, 0.3) is 22.4 Å². The Balaban J connectivity index is 1.84. The van der Waals surface area contributed by atoms with Crippen LogP contribution in [0.2, 0.25) is 0 Å². The van der Waals surface area contributed by atoms with Crippen LogP contribution in [0, 0.1) is 0 Å². The molecule has 5 nitrogen and oxygen atoms in total. The van der Waals surface area contributed by atoms with Crippen molar-refractivity contribution in [3.05, 3.63) is 101 Å². The summed E-state index contributed by atoms with van der Waals surface area (Å²) in [6, 6.07) is 26.9. The second-order valence-corrected chi connectivity index (χ2v) is 6.91. The number of benzene rings is 3. The number of aromatic nitrogens is 2. The summed E-state index contributed by atoms with van der Waals surface area (Å²) in [7, 11) is 3.32. The Morgan fingerprint density at radius 3 is 2.30 bits per heavy atom. The summed E-state index contributed by atoms with van der Waals surface area (Å²) in [5.41, 5.74) is 4.05. The minimum Gasteiger partial charge on any atom is -0.457 e. The van der Waals surface area contributed by atoms with Gasteiger partial charge in [0, 0.05) is 31.4 Å². The van der Waals surface area contributed by atoms with Gasteiger partial charge < -0.3 is 9.47 Å². The van der Waals surface area contributed by atoms with Gasteiger partial charge in [0.1, 0.15) is 17.2 Å². The molecule has 0 saturated carbocycles. The summed E-state index contributed by atoms with van der Waals surface area (Å²) in [5.74, 6) is 1.41. The van der Waals surface area contributed by atoms with Crippen molar-refractivity contribution in [2.24, 2.45) is 7.05 Å². The Morgan fingerprint density at radius 2 is 1.57 bits per heavy atom. The van der Waals surface area contributed by atoms with E-state index in [1.54, 1.807) is 20.2 Å². The first kappa shape index (κ1) is 19.6. The molecule has 0 N–H and O–H groups in total. The first-order valence-electron chi connectivity index (χ1n) is 9.64. The highest BCUT2D eigenvalue weighted by Crippen LogP contribution is 2.37. The highest BCUT2D eigenvalue weighted by atomic mass is 16.5. The first-order valence-corrected chi connectivity index (χ1v) is 9.64. The maximum absolute atomic E-state index is 12.4. The average molecular weight is 398 g/mol. The van der Waals surface area contributed by atoms with Crippen molar-refractivity contribution >= 4 is 0 Å². The van der Waals surface area contributed by atoms with E-state index in [1.165, 1.54) is 4.68 Å². The van der Waals surface area contributed by atoms with Gasteiger partial charge >= 0.3 is 0 Å². The van der Waals surface area contributed by atoms with Crippen molar-refractivity contribution in [1.82, 2.24) is 9.78 Å². The largest absolute Gasteiger partial charge is 0.457 e. The summed E-state index contributed by atoms with van der Waals surface area (Å²) >= 11 is 0. The van der Waals surface area contributed by atoms with E-state index in [2.05, 4.69) is 5.10 Å². The van der Waals surface area contributed by atoms with Gasteiger partial charge in [-0.25, -0.2) is 4.68 Å². The fourth-order valence-electron chi connectivity index (χ4n) is 3.27. The molecule has 0 radical (unpaired) electrons. The predicted octanol–water partition coefficient (Wildman–Crippen LogP) is 5.05. The number of ether oxygens (including phenoxy) is 2. The lowest BCUT2D eigenvalue weighted by Crippen LogP contribution is -2.19. The molecular formula is C25H22N2O3. The highest BCUT2D eigenvalue weighted by Gasteiger charge is 2.16. The first-order chi connectivity index (χ1) is 14.7. The summed E-state index contributed by atoms with van der Waals surface area (Å²) in [6.07, 6.45) is 0. The SMILES string of the molecule is COCc1ccc(-c2cc(=O)n(C)nc2-c2ccccc2Oc2ccccc2)cc1. The van der Waals surface area contributed by atoms with Crippen LogP contribution in [-0.2, 0) is 18.4 Å². The zero-order valence-corrected chi connectivity index (χ0v) is 16.9. The van der Waals surface area contributed by atoms with E-state index < -0.39 is 0 Å². The molecule has 0 aliphatic carbocycles. The Morgan fingerprint density at radius 1 is 0.867 bits per heavy atom. The maximum atomic E-state index is 12.4. The monoisotopic (exact) mass is 398 g/mol. The van der Waals surface area contributed by atoms with Crippen molar-refractivity contribution < 1.29 is 9.47 Å². The summed E-state index contributed by atoms with van der Waals surface area (Å²) in [6.45, 7) is 0.537. The average Bonchev–Trinajstić information content (AvgIpc) is 2.77. The standard InChI is InChI=1S/C25H22N2O3/c1-27-24(28)16-22(19-14-12-18(13-15-19)17-29-2)25(26-27)21-10-6-7-11-23(21)30-20-8-4-3-5-9-20/h3-16H,17H2,1-2H3. The van der Waals surface area contributed by atoms with E-state index in [4.69, 9.17) is 9.47 Å². The predicted molar refractivity (Wildman–Crippen MR) is 118 cm³/mol. The molecule has 4 rings (SSSR count). The van der Waals surface area contributed by atoms with Gasteiger partial charge in [-0.3, -0.25) is 4.79 Å². The van der Waals surface area contributed by atoms with E-state index in [1.807, 2.05) is 78.9 Å². The van der Waals surface area contributed by atoms with Crippen molar-refractivity contribution in [3.63, 3.8) is 0 Å². The van der Waals surface area contributed by atoms with Gasteiger partial charge in [0.05, 0.1) is 6.61 Å². The number of para-hydroxylation sites is 2. The Bertz CT molecular complexity index is 1200. The number of aryl methyl sites for hydroxylation is 1. The quantitative estimate of drug-likeness (QED) is 0.456. The second kappa shape index (κ2) is 8.76. The molecule has 0 atom stereocenters. The zero-order chi connectivity index (χ0) is 20.9. The molecule has 0 unspecified atom stereocenters. The molecule has 0 fully saturated rings. The zero-order valence-electron chi connectivity index (χ0n) is 16.9. The van der Waals surface area contributed by atoms with E-state index in [9.17, 15) is 4.79 Å². The number of methoxy groups -OCH3 is 1. The Kier molecular flexibility index (Phi) is 5.72. The van der Waals surface area contributed by atoms with Gasteiger partial charge in [0.15, 0.2) is 0 Å². The van der Waals surface area contributed by atoms with Crippen molar-refractivity contribution in [3.8, 4) is 33.9 Å². The minimum atomic E-state index is -0.170. The van der Waals surface area contributed by atoms with Crippen LogP contribution in [0.15, 0.2) is 89.7 Å². The Labute approximate surface area is 175 Å². The van der Waals surface area contributed by atoms with Crippen LogP contribution in [0.4, 0.5) is 0 Å². The number of nitrogens with zero attached hydrogens (tertiary/aromatic N) is 2. The molecule has 0 aliphatic rings. The van der Waals surface area contributed by atoms with E-state index in [0.717, 1.165) is 28.0 Å². The second-order valence-electron chi connectivity index (χ2n) is 6.91. The number of hydrogen-bond donors (Lipinski definition) is 0. The summed E-state index contributed by atoms with van der Waals surface area (Å²) in [4.78, 5) is 12.4. The molecule has 0 aliphatic heterocycles. The smallest absolute Gasteiger partial charge is 0.267 e. The maximum Gasteiger partial charge on any atom is 0.267 e. The van der Waals surface area contributed by atoms with Crippen LogP contribution in [0.1, 0.15) is 5.56 Å². The van der Waals surface area contributed by atoms with Crippen LogP contribution in [0.3, 0.4) is 0 Å². The molecule has 3 aromatic carbocycles. The van der Waals surface area contributed by atoms with Crippen LogP contribution >= 0.6 is 0 Å². The minimum absolute atomic E-state index is 0.170. The lowest BCUT2D eigenvalue weighted by Gasteiger charge is -2.15. The van der Waals surface area contributed by atoms with Gasteiger partial charge in [-0.15, -0.1) is 0 Å². The molecule has 1 heterocycles. The molecule has 0 saturated heterocycles. The van der Waals surface area contributed by atoms with Gasteiger partial charge in [-0.1, -0.05) is 54.6 Å². The molecule has 0 spiro atoms. The van der Waals surface area contributed by atoms with Gasteiger partial charge in [0.25, 0.3) is 5.56 Å². The van der Waals surface area contributed by atoms with Crippen molar-refractivity contribution in [1.29, 1.82) is 0 Å². The van der Waals surface area contributed by atoms with Gasteiger partial charge in [-0.05, 0) is 35.4 Å². The molecule has 150 valence electrons. The van der Waals surface area contributed by atoms with Crippen molar-refractivity contribution in [2.75, 3.05) is 7.11 Å². The van der Waals surface area contributed by atoms with E-state index >= 15 is 0 Å². The third kappa shape index (κ3) is 4.16. The number of rotatable bonds is 6. The molecule has 4 aromatic rings. The fraction of sp³-hybridized carbons (Fsp3) is 0.120. The number of hydrogen-bond acceptors (Lipinski definition) is 4. The summed E-state index contributed by atoms with van der Waals surface area (Å²) < 4.78 is 12.7. The lowest BCUT2D eigenvalue weighted by molar-refractivity contribution is 0.185. The molecule has 0 bridgehead atoms. The highest BCUT2D eigenvalue weighted by molar-refractivity contribution is 5.83. The van der Waals surface area contributed by atoms with Crippen LogP contribution in [-0.4, -0.2) is 16.9 Å². The molecule has 5 heteroatoms. The van der Waals surface area contributed by atoms with E-state index in [0.29, 0.717) is 18.1 Å². The fourth-order valence-corrected chi connectivity index (χ4v) is 3.27. The molecule has 30 heavy (non-hydrogen) atoms. The lowest BCUT2D eigenvalue weighted by atomic mass is 9.98. The summed E-state index contributed by atoms with van der Waals surface area (Å²) in [5, 5.41) is 4.58. The van der Waals surface area contributed by atoms with Crippen LogP contribution in [0.5, 0.6) is 11.5 Å². The van der Waals surface area contributed by atoms with E-state index in [-0.39, 0.29) is 5.56 Å². The topological polar surface area (TPSA) is 53.4 Å². The van der Waals surface area contributed by atoms with Crippen LogP contribution < -0.4 is 10.3 Å². The molecular weight excluding hydrogens is 376 g/mol. The van der Waals surface area contributed by atoms with Crippen molar-refractivity contribution in [2.45, 2.75) is 6.61 Å².